The van der Waals surface area contributed by atoms with Gasteiger partial charge in [0, 0.05) is 38.3 Å². The number of carboxylic acids is 1. The van der Waals surface area contributed by atoms with E-state index < -0.39 is 39.4 Å². The van der Waals surface area contributed by atoms with Crippen LogP contribution in [0.3, 0.4) is 0 Å². The molecule has 242 valence electrons. The summed E-state index contributed by atoms with van der Waals surface area (Å²) in [4.78, 5) is 62.4. The first-order chi connectivity index (χ1) is 21.9. The van der Waals surface area contributed by atoms with Gasteiger partial charge in [-0.25, -0.2) is 18.0 Å². The molecule has 0 spiro atoms. The number of amides is 2. The van der Waals surface area contributed by atoms with E-state index in [9.17, 15) is 32.7 Å². The molecule has 2 heterocycles. The average Bonchev–Trinajstić information content (AvgIpc) is 3.58. The second-order valence-electron chi connectivity index (χ2n) is 11.5. The third-order valence-corrected chi connectivity index (χ3v) is 10.4. The average molecular weight is 649 g/mol. The van der Waals surface area contributed by atoms with Crippen molar-refractivity contribution in [2.24, 2.45) is 0 Å². The van der Waals surface area contributed by atoms with E-state index in [-0.39, 0.29) is 55.6 Å². The molecule has 2 atom stereocenters. The number of carbonyl (C=O) groups excluding carboxylic acids is 3. The first-order valence-corrected chi connectivity index (χ1v) is 16.4. The normalized spacial score (nSPS) is 18.4. The molecule has 1 N–H and O–H groups in total. The van der Waals surface area contributed by atoms with Crippen molar-refractivity contribution >= 4 is 39.5 Å². The van der Waals surface area contributed by atoms with Gasteiger partial charge in [0.1, 0.15) is 0 Å². The SMILES string of the molecule is Cc1ccc(S(=O)(=O)N2CCC[C@H]2C(=O)[C@](C)(C(=O)O)N(OC(=O)N2CCN(C(=O)c3ccccc3)CC2)c2ccccc2)cc1. The number of para-hydroxylation sites is 1. The van der Waals surface area contributed by atoms with Crippen molar-refractivity contribution < 1.29 is 37.5 Å². The summed E-state index contributed by atoms with van der Waals surface area (Å²) in [7, 11) is -4.15. The van der Waals surface area contributed by atoms with Gasteiger partial charge in [-0.3, -0.25) is 9.59 Å². The van der Waals surface area contributed by atoms with Crippen LogP contribution in [0, 0.1) is 6.92 Å². The number of hydrogen-bond donors (Lipinski definition) is 1. The Balaban J connectivity index is 1.39. The number of sulfonamides is 1. The fourth-order valence-electron chi connectivity index (χ4n) is 5.71. The smallest absolute Gasteiger partial charge is 0.434 e. The molecule has 0 unspecified atom stereocenters. The summed E-state index contributed by atoms with van der Waals surface area (Å²) >= 11 is 0. The first kappa shape index (κ1) is 32.6. The zero-order valence-corrected chi connectivity index (χ0v) is 26.4. The molecule has 13 heteroatoms. The molecule has 3 aromatic rings. The van der Waals surface area contributed by atoms with E-state index in [4.69, 9.17) is 4.84 Å². The lowest BCUT2D eigenvalue weighted by Crippen LogP contribution is -2.64. The number of Topliss-reactive ketones (excluding diaryl/α,β-unsaturated/α-hetero) is 1. The van der Waals surface area contributed by atoms with Crippen LogP contribution in [0.15, 0.2) is 89.8 Å². The van der Waals surface area contributed by atoms with E-state index in [1.165, 1.54) is 29.2 Å². The van der Waals surface area contributed by atoms with E-state index in [2.05, 4.69) is 0 Å². The molecule has 0 saturated carbocycles. The highest BCUT2D eigenvalue weighted by Crippen LogP contribution is 2.34. The van der Waals surface area contributed by atoms with Gasteiger partial charge in [0.15, 0.2) is 5.78 Å². The Morgan fingerprint density at radius 2 is 1.39 bits per heavy atom. The number of carboxylic acid groups (broad SMARTS) is 1. The highest BCUT2D eigenvalue weighted by molar-refractivity contribution is 7.89. The fraction of sp³-hybridized carbons (Fsp3) is 0.333. The highest BCUT2D eigenvalue weighted by Gasteiger charge is 2.56. The summed E-state index contributed by atoms with van der Waals surface area (Å²) in [6.45, 7) is 3.63. The topological polar surface area (TPSA) is 145 Å². The molecule has 12 nitrogen and oxygen atoms in total. The van der Waals surface area contributed by atoms with Crippen LogP contribution < -0.4 is 5.06 Å². The molecule has 3 aromatic carbocycles. The molecule has 0 bridgehead atoms. The van der Waals surface area contributed by atoms with E-state index in [1.807, 2.05) is 13.0 Å². The Morgan fingerprint density at radius 3 is 1.98 bits per heavy atom. The van der Waals surface area contributed by atoms with Crippen LogP contribution in [-0.2, 0) is 24.4 Å². The van der Waals surface area contributed by atoms with Crippen LogP contribution in [0.2, 0.25) is 0 Å². The zero-order valence-electron chi connectivity index (χ0n) is 25.6. The van der Waals surface area contributed by atoms with Crippen LogP contribution in [0.5, 0.6) is 0 Å². The molecule has 5 rings (SSSR count). The Bertz CT molecular complexity index is 1690. The maximum Gasteiger partial charge on any atom is 0.434 e. The predicted octanol–water partition coefficient (Wildman–Crippen LogP) is 3.58. The number of carbonyl (C=O) groups is 4. The maximum atomic E-state index is 14.3. The summed E-state index contributed by atoms with van der Waals surface area (Å²) in [5.74, 6) is -2.74. The molecule has 2 saturated heterocycles. The number of anilines is 1. The molecule has 0 radical (unpaired) electrons. The van der Waals surface area contributed by atoms with Gasteiger partial charge in [-0.05, 0) is 63.1 Å². The van der Waals surface area contributed by atoms with Gasteiger partial charge < -0.3 is 19.7 Å². The molecule has 46 heavy (non-hydrogen) atoms. The van der Waals surface area contributed by atoms with Gasteiger partial charge in [0.2, 0.25) is 15.6 Å². The Labute approximate surface area is 267 Å². The number of nitrogens with zero attached hydrogens (tertiary/aromatic N) is 4. The minimum absolute atomic E-state index is 0.00828. The van der Waals surface area contributed by atoms with Gasteiger partial charge in [-0.2, -0.15) is 9.37 Å². The lowest BCUT2D eigenvalue weighted by atomic mass is 9.89. The number of ketones is 1. The van der Waals surface area contributed by atoms with Gasteiger partial charge in [0.05, 0.1) is 16.6 Å². The Morgan fingerprint density at radius 1 is 0.826 bits per heavy atom. The molecule has 2 fully saturated rings. The van der Waals surface area contributed by atoms with E-state index >= 15 is 0 Å². The number of piperazine rings is 1. The van der Waals surface area contributed by atoms with E-state index in [1.54, 1.807) is 59.5 Å². The van der Waals surface area contributed by atoms with Gasteiger partial charge in [0.25, 0.3) is 5.91 Å². The van der Waals surface area contributed by atoms with Crippen molar-refractivity contribution in [3.63, 3.8) is 0 Å². The monoisotopic (exact) mass is 648 g/mol. The van der Waals surface area contributed by atoms with E-state index in [0.717, 1.165) is 21.9 Å². The largest absolute Gasteiger partial charge is 0.479 e. The molecular weight excluding hydrogens is 612 g/mol. The molecule has 0 aliphatic carbocycles. The third kappa shape index (κ3) is 6.33. The summed E-state index contributed by atoms with van der Waals surface area (Å²) in [5.41, 5.74) is -1.01. The fourth-order valence-corrected chi connectivity index (χ4v) is 7.37. The standard InChI is InChI=1S/C33H36N4O8S/c1-24-15-17-27(18-16-24)46(43,44)36-19-9-14-28(36)29(38)33(2,31(40)41)37(26-12-7-4-8-13-26)45-32(42)35-22-20-34(21-23-35)30(39)25-10-5-3-6-11-25/h3-8,10-13,15-18,28H,9,14,19-23H2,1-2H3,(H,40,41)/t28-,33+/m0/s1. The summed E-state index contributed by atoms with van der Waals surface area (Å²) in [6, 6.07) is 21.5. The molecule has 2 aliphatic heterocycles. The Hall–Kier alpha value is -4.75. The zero-order chi connectivity index (χ0) is 33.1. The molecule has 2 amide bonds. The number of hydroxylamine groups is 1. The summed E-state index contributed by atoms with van der Waals surface area (Å²) in [6.07, 6.45) is -0.471. The number of benzene rings is 3. The first-order valence-electron chi connectivity index (χ1n) is 15.0. The second kappa shape index (κ2) is 13.3. The summed E-state index contributed by atoms with van der Waals surface area (Å²) in [5, 5.41) is 11.3. The van der Waals surface area contributed by atoms with Crippen molar-refractivity contribution in [2.75, 3.05) is 37.8 Å². The lowest BCUT2D eigenvalue weighted by Gasteiger charge is -2.40. The quantitative estimate of drug-likeness (QED) is 0.272. The van der Waals surface area contributed by atoms with Crippen molar-refractivity contribution in [1.29, 1.82) is 0 Å². The second-order valence-corrected chi connectivity index (χ2v) is 13.4. The molecular formula is C33H36N4O8S. The van der Waals surface area contributed by atoms with Crippen LogP contribution in [-0.4, -0.2) is 95.7 Å². The van der Waals surface area contributed by atoms with Crippen molar-refractivity contribution in [3.05, 3.63) is 96.1 Å². The minimum Gasteiger partial charge on any atom is -0.479 e. The van der Waals surface area contributed by atoms with Gasteiger partial charge >= 0.3 is 12.1 Å². The van der Waals surface area contributed by atoms with Gasteiger partial charge in [-0.1, -0.05) is 54.1 Å². The van der Waals surface area contributed by atoms with Crippen LogP contribution in [0.4, 0.5) is 10.5 Å². The van der Waals surface area contributed by atoms with Crippen LogP contribution in [0.1, 0.15) is 35.7 Å². The minimum atomic E-state index is -4.15. The van der Waals surface area contributed by atoms with E-state index in [0.29, 0.717) is 12.0 Å². The van der Waals surface area contributed by atoms with Crippen LogP contribution in [0.25, 0.3) is 0 Å². The molecule has 2 aliphatic rings. The van der Waals surface area contributed by atoms with Crippen molar-refractivity contribution in [3.8, 4) is 0 Å². The number of aliphatic carboxylic acids is 1. The van der Waals surface area contributed by atoms with Crippen molar-refractivity contribution in [1.82, 2.24) is 14.1 Å². The third-order valence-electron chi connectivity index (χ3n) is 8.44. The highest BCUT2D eigenvalue weighted by atomic mass is 32.2. The lowest BCUT2D eigenvalue weighted by molar-refractivity contribution is -0.152. The van der Waals surface area contributed by atoms with Crippen LogP contribution >= 0.6 is 0 Å². The number of aryl methyl sites for hydroxylation is 1. The number of hydrogen-bond acceptors (Lipinski definition) is 8. The molecule has 0 aromatic heterocycles. The van der Waals surface area contributed by atoms with Gasteiger partial charge in [-0.15, -0.1) is 0 Å². The maximum absolute atomic E-state index is 14.3. The number of rotatable bonds is 9. The predicted molar refractivity (Wildman–Crippen MR) is 168 cm³/mol. The van der Waals surface area contributed by atoms with Crippen molar-refractivity contribution in [2.45, 2.75) is 43.2 Å². The Kier molecular flexibility index (Phi) is 9.44. The summed E-state index contributed by atoms with van der Waals surface area (Å²) < 4.78 is 28.3.